The zero-order valence-corrected chi connectivity index (χ0v) is 11.4. The first kappa shape index (κ1) is 14.3. The fourth-order valence-electron chi connectivity index (χ4n) is 2.10. The number of hydrogen-bond acceptors (Lipinski definition) is 2. The first-order chi connectivity index (χ1) is 9.69. The third-order valence-corrected chi connectivity index (χ3v) is 3.16. The number of nitrogens with one attached hydrogen (secondary N) is 1. The van der Waals surface area contributed by atoms with Gasteiger partial charge in [0, 0.05) is 42.3 Å². The number of carbonyl (C=O) groups excluding carboxylic acids is 1. The first-order valence-corrected chi connectivity index (χ1v) is 6.55. The Balaban J connectivity index is 2.31. The summed E-state index contributed by atoms with van der Waals surface area (Å²) in [6.07, 6.45) is 2.42. The van der Waals surface area contributed by atoms with Gasteiger partial charge < -0.3 is 15.6 Å². The molecule has 2 aromatic rings. The van der Waals surface area contributed by atoms with Crippen LogP contribution in [0.15, 0.2) is 42.4 Å². The van der Waals surface area contributed by atoms with Crippen LogP contribution in [-0.2, 0) is 6.54 Å². The summed E-state index contributed by atoms with van der Waals surface area (Å²) in [7, 11) is 0. The summed E-state index contributed by atoms with van der Waals surface area (Å²) in [5.41, 5.74) is 7.56. The summed E-state index contributed by atoms with van der Waals surface area (Å²) in [6, 6.07) is 7.37. The van der Waals surface area contributed by atoms with E-state index in [0.717, 1.165) is 10.9 Å². The topological polar surface area (TPSA) is 60.0 Å². The van der Waals surface area contributed by atoms with E-state index in [1.54, 1.807) is 6.07 Å². The van der Waals surface area contributed by atoms with Crippen LogP contribution in [0.4, 0.5) is 4.39 Å². The fraction of sp³-hybridized carbons (Fsp3) is 0.267. The minimum atomic E-state index is -0.0894. The highest BCUT2D eigenvalue weighted by Crippen LogP contribution is 2.19. The van der Waals surface area contributed by atoms with Crippen molar-refractivity contribution in [1.29, 1.82) is 0 Å². The first-order valence-electron chi connectivity index (χ1n) is 6.55. The van der Waals surface area contributed by atoms with Crippen molar-refractivity contribution in [3.05, 3.63) is 47.9 Å². The van der Waals surface area contributed by atoms with Crippen LogP contribution in [0.5, 0.6) is 0 Å². The van der Waals surface area contributed by atoms with E-state index in [4.69, 9.17) is 5.73 Å². The van der Waals surface area contributed by atoms with Crippen molar-refractivity contribution in [2.75, 3.05) is 13.1 Å². The van der Waals surface area contributed by atoms with Gasteiger partial charge in [-0.1, -0.05) is 0 Å². The average molecular weight is 275 g/mol. The lowest BCUT2D eigenvalue weighted by Crippen LogP contribution is -2.22. The molecule has 5 heteroatoms. The van der Waals surface area contributed by atoms with Gasteiger partial charge in [-0.25, -0.2) is 4.39 Å². The van der Waals surface area contributed by atoms with Gasteiger partial charge in [0.2, 0.25) is 0 Å². The zero-order valence-electron chi connectivity index (χ0n) is 11.4. The number of carbonyl (C=O) groups is 1. The van der Waals surface area contributed by atoms with Crippen molar-refractivity contribution in [3.63, 3.8) is 0 Å². The number of rotatable bonds is 5. The second kappa shape index (κ2) is 6.34. The maximum absolute atomic E-state index is 12.6. The third kappa shape index (κ3) is 2.88. The molecule has 0 unspecified atom stereocenters. The van der Waals surface area contributed by atoms with Crippen LogP contribution >= 0.6 is 0 Å². The van der Waals surface area contributed by atoms with Crippen LogP contribution in [-0.4, -0.2) is 23.6 Å². The van der Waals surface area contributed by atoms with Crippen molar-refractivity contribution < 1.29 is 9.18 Å². The molecule has 1 amide bonds. The van der Waals surface area contributed by atoms with E-state index in [2.05, 4.69) is 5.32 Å². The van der Waals surface area contributed by atoms with Gasteiger partial charge in [0.15, 0.2) is 0 Å². The number of nitrogens with zero attached hydrogens (tertiary/aromatic N) is 1. The van der Waals surface area contributed by atoms with Crippen LogP contribution in [0.3, 0.4) is 0 Å². The van der Waals surface area contributed by atoms with Gasteiger partial charge in [-0.2, -0.15) is 0 Å². The Morgan fingerprint density at radius 1 is 1.45 bits per heavy atom. The summed E-state index contributed by atoms with van der Waals surface area (Å²) in [5, 5.41) is 3.71. The smallest absolute Gasteiger partial charge is 0.251 e. The van der Waals surface area contributed by atoms with Gasteiger partial charge in [0.05, 0.1) is 6.33 Å². The molecule has 1 heterocycles. The second-order valence-corrected chi connectivity index (χ2v) is 4.55. The lowest BCUT2D eigenvalue weighted by Gasteiger charge is -2.07. The molecular formula is C15H18FN3O. The Hall–Kier alpha value is -2.14. The number of benzene rings is 1. The van der Waals surface area contributed by atoms with E-state index in [1.165, 1.54) is 0 Å². The van der Waals surface area contributed by atoms with Crippen molar-refractivity contribution in [1.82, 2.24) is 9.88 Å². The Kier molecular flexibility index (Phi) is 4.53. The molecule has 0 fully saturated rings. The minimum Gasteiger partial charge on any atom is -0.352 e. The molecule has 0 saturated heterocycles. The molecule has 0 aliphatic heterocycles. The lowest BCUT2D eigenvalue weighted by atomic mass is 10.1. The monoisotopic (exact) mass is 275 g/mol. The highest BCUT2D eigenvalue weighted by atomic mass is 19.1. The Morgan fingerprint density at radius 2 is 2.25 bits per heavy atom. The summed E-state index contributed by atoms with van der Waals surface area (Å²) in [6.45, 7) is 3.08. The van der Waals surface area contributed by atoms with Gasteiger partial charge in [-0.05, 0) is 36.8 Å². The van der Waals surface area contributed by atoms with Crippen LogP contribution in [0.25, 0.3) is 10.9 Å². The quantitative estimate of drug-likeness (QED) is 0.879. The maximum Gasteiger partial charge on any atom is 0.251 e. The Morgan fingerprint density at radius 3 is 2.90 bits per heavy atom. The molecule has 4 nitrogen and oxygen atoms in total. The third-order valence-electron chi connectivity index (χ3n) is 3.16. The molecule has 0 aliphatic rings. The average Bonchev–Trinajstić information content (AvgIpc) is 2.87. The molecule has 3 N–H and O–H groups in total. The SMILES string of the molecule is CCNC(=O)c1ccc2c(ccn2C/C(=C/F)CN)c1. The van der Waals surface area contributed by atoms with Gasteiger partial charge in [-0.15, -0.1) is 0 Å². The van der Waals surface area contributed by atoms with Crippen molar-refractivity contribution in [3.8, 4) is 0 Å². The number of nitrogens with two attached hydrogens (primary N) is 1. The molecule has 0 atom stereocenters. The summed E-state index contributed by atoms with van der Waals surface area (Å²) >= 11 is 0. The van der Waals surface area contributed by atoms with Crippen molar-refractivity contribution in [2.45, 2.75) is 13.5 Å². The number of halogens is 1. The highest BCUT2D eigenvalue weighted by Gasteiger charge is 2.08. The van der Waals surface area contributed by atoms with Gasteiger partial charge >= 0.3 is 0 Å². The maximum atomic E-state index is 12.6. The molecule has 20 heavy (non-hydrogen) atoms. The standard InChI is InChI=1S/C15H18FN3O/c1-2-18-15(20)13-3-4-14-12(7-13)5-6-19(14)10-11(8-16)9-17/h3-8H,2,9-10,17H2,1H3,(H,18,20)/b11-8+. The summed E-state index contributed by atoms with van der Waals surface area (Å²) < 4.78 is 14.5. The zero-order chi connectivity index (χ0) is 14.5. The Labute approximate surface area is 117 Å². The molecule has 0 aliphatic carbocycles. The van der Waals surface area contributed by atoms with Crippen LogP contribution in [0, 0.1) is 0 Å². The van der Waals surface area contributed by atoms with Crippen LogP contribution < -0.4 is 11.1 Å². The molecule has 2 rings (SSSR count). The minimum absolute atomic E-state index is 0.0894. The van der Waals surface area contributed by atoms with Crippen LogP contribution in [0.1, 0.15) is 17.3 Å². The van der Waals surface area contributed by atoms with Crippen molar-refractivity contribution in [2.24, 2.45) is 5.73 Å². The largest absolute Gasteiger partial charge is 0.352 e. The lowest BCUT2D eigenvalue weighted by molar-refractivity contribution is 0.0956. The van der Waals surface area contributed by atoms with Gasteiger partial charge in [0.25, 0.3) is 5.91 Å². The number of aromatic nitrogens is 1. The molecule has 0 bridgehead atoms. The van der Waals surface area contributed by atoms with E-state index in [9.17, 15) is 9.18 Å². The summed E-state index contributed by atoms with van der Waals surface area (Å²) in [4.78, 5) is 11.8. The van der Waals surface area contributed by atoms with Gasteiger partial charge in [0.1, 0.15) is 0 Å². The van der Waals surface area contributed by atoms with Crippen molar-refractivity contribution >= 4 is 16.8 Å². The molecule has 1 aromatic heterocycles. The van der Waals surface area contributed by atoms with E-state index in [-0.39, 0.29) is 12.5 Å². The van der Waals surface area contributed by atoms with Gasteiger partial charge in [-0.3, -0.25) is 4.79 Å². The summed E-state index contributed by atoms with van der Waals surface area (Å²) in [5.74, 6) is -0.0894. The number of hydrogen-bond donors (Lipinski definition) is 2. The molecule has 0 radical (unpaired) electrons. The van der Waals surface area contributed by atoms with E-state index in [0.29, 0.717) is 30.6 Å². The predicted molar refractivity (Wildman–Crippen MR) is 78.2 cm³/mol. The van der Waals surface area contributed by atoms with E-state index < -0.39 is 0 Å². The molecule has 0 spiro atoms. The highest BCUT2D eigenvalue weighted by molar-refractivity contribution is 5.98. The number of amides is 1. The predicted octanol–water partition coefficient (Wildman–Crippen LogP) is 2.20. The molecular weight excluding hydrogens is 257 g/mol. The number of fused-ring (bicyclic) bond motifs is 1. The second-order valence-electron chi connectivity index (χ2n) is 4.55. The van der Waals surface area contributed by atoms with E-state index >= 15 is 0 Å². The molecule has 0 saturated carbocycles. The van der Waals surface area contributed by atoms with Crippen LogP contribution in [0.2, 0.25) is 0 Å². The normalized spacial score (nSPS) is 11.8. The molecule has 1 aromatic carbocycles. The fourth-order valence-corrected chi connectivity index (χ4v) is 2.10. The van der Waals surface area contributed by atoms with E-state index in [1.807, 2.05) is 35.9 Å². The Bertz CT molecular complexity index is 646. The molecule has 106 valence electrons.